The number of benzene rings is 6. The molecule has 0 saturated carbocycles. The van der Waals surface area contributed by atoms with Crippen molar-refractivity contribution in [3.05, 3.63) is 159 Å². The van der Waals surface area contributed by atoms with E-state index < -0.39 is 0 Å². The molecule has 2 aromatic heterocycles. The summed E-state index contributed by atoms with van der Waals surface area (Å²) in [4.78, 5) is 42.3. The van der Waals surface area contributed by atoms with Crippen LogP contribution in [0.3, 0.4) is 0 Å². The molecule has 0 unspecified atom stereocenters. The third kappa shape index (κ3) is 13.5. The molecule has 0 radical (unpaired) electrons. The van der Waals surface area contributed by atoms with Gasteiger partial charge in [-0.25, -0.2) is 29.9 Å². The molecule has 6 aromatic carbocycles. The average Bonchev–Trinajstić information content (AvgIpc) is 3.30. The van der Waals surface area contributed by atoms with E-state index in [2.05, 4.69) is 77.9 Å². The normalized spacial score (nSPS) is 10.5. The van der Waals surface area contributed by atoms with Crippen LogP contribution < -0.4 is 4.74 Å². The summed E-state index contributed by atoms with van der Waals surface area (Å²) in [6.07, 6.45) is 1.25. The van der Waals surface area contributed by atoms with Gasteiger partial charge < -0.3 is 19.8 Å². The van der Waals surface area contributed by atoms with Crippen molar-refractivity contribution in [1.29, 1.82) is 0 Å². The summed E-state index contributed by atoms with van der Waals surface area (Å²) < 4.78 is 5.60. The van der Waals surface area contributed by atoms with E-state index in [1.54, 1.807) is 30.1 Å². The van der Waals surface area contributed by atoms with E-state index >= 15 is 0 Å². The highest BCUT2D eigenvalue weighted by molar-refractivity contribution is 5.78. The second-order valence-corrected chi connectivity index (χ2v) is 18.0. The number of phenolic OH excluding ortho intramolecular Hbond substituents is 2. The summed E-state index contributed by atoms with van der Waals surface area (Å²) in [6.45, 7) is 25.0. The van der Waals surface area contributed by atoms with E-state index in [1.807, 2.05) is 90.1 Å². The lowest BCUT2D eigenvalue weighted by atomic mass is 10.0. The van der Waals surface area contributed by atoms with Crippen molar-refractivity contribution in [1.82, 2.24) is 34.8 Å². The zero-order valence-corrected chi connectivity index (χ0v) is 42.9. The van der Waals surface area contributed by atoms with Crippen LogP contribution in [0.1, 0.15) is 84.7 Å². The number of carbonyl (C=O) groups is 1. The van der Waals surface area contributed by atoms with E-state index in [0.29, 0.717) is 58.4 Å². The first-order chi connectivity index (χ1) is 33.4. The highest BCUT2D eigenvalue weighted by Gasteiger charge is 2.20. The number of hydrogen-bond donors (Lipinski definition) is 2. The van der Waals surface area contributed by atoms with Crippen LogP contribution in [0.5, 0.6) is 17.2 Å². The zero-order valence-electron chi connectivity index (χ0n) is 42.9. The molecule has 0 aliphatic heterocycles. The van der Waals surface area contributed by atoms with Crippen LogP contribution in [-0.2, 0) is 4.79 Å². The Hall–Kier alpha value is -7.79. The molecular formula is C60H69N7O4. The molecule has 11 heteroatoms. The predicted octanol–water partition coefficient (Wildman–Crippen LogP) is 13.8. The molecule has 71 heavy (non-hydrogen) atoms. The van der Waals surface area contributed by atoms with Crippen LogP contribution in [0.4, 0.5) is 0 Å². The lowest BCUT2D eigenvalue weighted by Crippen LogP contribution is -2.31. The van der Waals surface area contributed by atoms with Gasteiger partial charge in [0.15, 0.2) is 41.6 Å². The lowest BCUT2D eigenvalue weighted by Gasteiger charge is -2.15. The standard InChI is InChI=1S/C30H32N4O3.C26H25N3O.C3H8.CH4/c1-7-34(6)27(36)17-37-22-10-13-25(26(35)16-22)30-32-28(23-11-8-18(2)14-20(23)4)31-29(33-30)24-12-9-19(3)15-21(24)5;1-15-6-9-20(18(4)12-15)24-27-25(21-10-7-16(2)13-19(21)5)29-26(28-24)22-11-8-17(3)14-23(22)30;1-3-2;/h8-16,35H,7,17H2,1-6H3;6-14,30H,1-5H3;3H2,1-2H3;1H4. The molecule has 1 amide bonds. The zero-order chi connectivity index (χ0) is 50.8. The van der Waals surface area contributed by atoms with Gasteiger partial charge in [-0.1, -0.05) is 129 Å². The van der Waals surface area contributed by atoms with Crippen LogP contribution >= 0.6 is 0 Å². The quantitative estimate of drug-likeness (QED) is 0.136. The number of aromatic nitrogens is 6. The first-order valence-corrected chi connectivity index (χ1v) is 23.7. The van der Waals surface area contributed by atoms with Crippen molar-refractivity contribution in [2.75, 3.05) is 20.2 Å². The first kappa shape index (κ1) is 54.2. The summed E-state index contributed by atoms with van der Waals surface area (Å²) in [5, 5.41) is 21.4. The average molecular weight is 952 g/mol. The third-order valence-corrected chi connectivity index (χ3v) is 11.6. The van der Waals surface area contributed by atoms with E-state index in [1.165, 1.54) is 23.6 Å². The molecule has 2 N–H and O–H groups in total. The Balaban J connectivity index is 0.000000251. The summed E-state index contributed by atoms with van der Waals surface area (Å²) in [6, 6.07) is 35.2. The van der Waals surface area contributed by atoms with Gasteiger partial charge in [-0.15, -0.1) is 0 Å². The van der Waals surface area contributed by atoms with E-state index in [0.717, 1.165) is 61.2 Å². The molecule has 0 aliphatic rings. The number of rotatable bonds is 10. The number of amides is 1. The maximum Gasteiger partial charge on any atom is 0.260 e. The Morgan fingerprint density at radius 2 is 0.704 bits per heavy atom. The number of hydrogen-bond acceptors (Lipinski definition) is 10. The predicted molar refractivity (Wildman–Crippen MR) is 290 cm³/mol. The fourth-order valence-electron chi connectivity index (χ4n) is 7.79. The molecule has 0 bridgehead atoms. The Morgan fingerprint density at radius 1 is 0.437 bits per heavy atom. The number of likely N-dealkylation sites (N-methyl/N-ethyl adjacent to an activating group) is 1. The molecular weight excluding hydrogens is 883 g/mol. The van der Waals surface area contributed by atoms with Gasteiger partial charge in [0.25, 0.3) is 5.91 Å². The topological polar surface area (TPSA) is 147 Å². The number of phenols is 2. The Morgan fingerprint density at radius 3 is 0.986 bits per heavy atom. The van der Waals surface area contributed by atoms with Gasteiger partial charge in [0, 0.05) is 41.9 Å². The Kier molecular flexibility index (Phi) is 18.4. The summed E-state index contributed by atoms with van der Waals surface area (Å²) in [7, 11) is 1.72. The van der Waals surface area contributed by atoms with Crippen molar-refractivity contribution < 1.29 is 19.7 Å². The van der Waals surface area contributed by atoms with Crippen LogP contribution in [-0.4, -0.2) is 71.1 Å². The fourth-order valence-corrected chi connectivity index (χ4v) is 7.79. The fraction of sp³-hybridized carbons (Fsp3) is 0.283. The van der Waals surface area contributed by atoms with Gasteiger partial charge in [-0.2, -0.15) is 0 Å². The molecule has 2 heterocycles. The van der Waals surface area contributed by atoms with Gasteiger partial charge in [-0.05, 0) is 121 Å². The number of carbonyl (C=O) groups excluding carboxylic acids is 1. The molecule has 0 aliphatic carbocycles. The minimum atomic E-state index is -0.139. The number of ether oxygens (including phenoxy) is 1. The van der Waals surface area contributed by atoms with Gasteiger partial charge in [0.2, 0.25) is 0 Å². The summed E-state index contributed by atoms with van der Waals surface area (Å²) in [5.41, 5.74) is 14.8. The van der Waals surface area contributed by atoms with Gasteiger partial charge in [-0.3, -0.25) is 4.79 Å². The van der Waals surface area contributed by atoms with Crippen molar-refractivity contribution in [3.63, 3.8) is 0 Å². The smallest absolute Gasteiger partial charge is 0.260 e. The molecule has 11 nitrogen and oxygen atoms in total. The Labute approximate surface area is 420 Å². The highest BCUT2D eigenvalue weighted by atomic mass is 16.5. The number of nitrogens with zero attached hydrogens (tertiary/aromatic N) is 7. The first-order valence-electron chi connectivity index (χ1n) is 23.7. The summed E-state index contributed by atoms with van der Waals surface area (Å²) >= 11 is 0. The van der Waals surface area contributed by atoms with Crippen LogP contribution in [0.15, 0.2) is 109 Å². The largest absolute Gasteiger partial charge is 0.507 e. The third-order valence-electron chi connectivity index (χ3n) is 11.6. The SMILES string of the molecule is C.CCC.CCN(C)C(=O)COc1ccc(-c2nc(-c3ccc(C)cc3C)nc(-c3ccc(C)cc3C)n2)c(O)c1.Cc1ccc(-c2nc(-c3ccc(C)cc3C)nc(-c3ccc(C)cc3O)n2)c(C)c1. The van der Waals surface area contributed by atoms with Crippen LogP contribution in [0.25, 0.3) is 68.3 Å². The molecule has 0 fully saturated rings. The van der Waals surface area contributed by atoms with Crippen LogP contribution in [0, 0.1) is 62.3 Å². The molecule has 8 rings (SSSR count). The molecule has 8 aromatic rings. The van der Waals surface area contributed by atoms with Crippen LogP contribution in [0.2, 0.25) is 0 Å². The van der Waals surface area contributed by atoms with Crippen molar-refractivity contribution >= 4 is 5.91 Å². The maximum absolute atomic E-state index is 12.1. The lowest BCUT2D eigenvalue weighted by molar-refractivity contribution is -0.131. The number of aryl methyl sites for hydroxylation is 9. The molecule has 0 atom stereocenters. The molecule has 0 saturated heterocycles. The number of aromatic hydroxyl groups is 2. The Bertz CT molecular complexity index is 2930. The minimum absolute atomic E-state index is 0. The highest BCUT2D eigenvalue weighted by Crippen LogP contribution is 2.35. The van der Waals surface area contributed by atoms with E-state index in [-0.39, 0.29) is 31.4 Å². The van der Waals surface area contributed by atoms with Crippen molar-refractivity contribution in [3.8, 4) is 85.6 Å². The molecule has 368 valence electrons. The van der Waals surface area contributed by atoms with Gasteiger partial charge >= 0.3 is 0 Å². The molecule has 0 spiro atoms. The summed E-state index contributed by atoms with van der Waals surface area (Å²) in [5.74, 6) is 3.46. The maximum atomic E-state index is 12.1. The van der Waals surface area contributed by atoms with Crippen molar-refractivity contribution in [2.45, 2.75) is 96.9 Å². The second kappa shape index (κ2) is 24.2. The monoisotopic (exact) mass is 952 g/mol. The second-order valence-electron chi connectivity index (χ2n) is 18.0. The van der Waals surface area contributed by atoms with Crippen molar-refractivity contribution in [2.24, 2.45) is 0 Å². The van der Waals surface area contributed by atoms with E-state index in [9.17, 15) is 15.0 Å². The minimum Gasteiger partial charge on any atom is -0.507 e. The van der Waals surface area contributed by atoms with Gasteiger partial charge in [0.1, 0.15) is 17.2 Å². The van der Waals surface area contributed by atoms with E-state index in [4.69, 9.17) is 34.6 Å². The van der Waals surface area contributed by atoms with Gasteiger partial charge in [0.05, 0.1) is 11.1 Å².